The summed E-state index contributed by atoms with van der Waals surface area (Å²) in [5.41, 5.74) is 0.530. The average molecular weight is 511 g/mol. The van der Waals surface area contributed by atoms with Crippen molar-refractivity contribution < 1.29 is 19.0 Å². The third-order valence-corrected chi connectivity index (χ3v) is 6.13. The van der Waals surface area contributed by atoms with Gasteiger partial charge in [-0.3, -0.25) is 4.79 Å². The van der Waals surface area contributed by atoms with Crippen LogP contribution >= 0.6 is 35.0 Å². The SMILES string of the molecule is CCn1c(SCC(=O)Nc2cc(OC)ccc2OC)nnc1C(C)Oc1ccc(Cl)cc1Cl. The summed E-state index contributed by atoms with van der Waals surface area (Å²) >= 11 is 13.4. The number of hydrogen-bond acceptors (Lipinski definition) is 7. The van der Waals surface area contributed by atoms with E-state index in [1.807, 2.05) is 18.4 Å². The summed E-state index contributed by atoms with van der Waals surface area (Å²) in [5.74, 6) is 2.21. The normalized spacial score (nSPS) is 11.7. The van der Waals surface area contributed by atoms with Crippen LogP contribution < -0.4 is 19.5 Å². The number of nitrogens with zero attached hydrogens (tertiary/aromatic N) is 3. The van der Waals surface area contributed by atoms with Crippen LogP contribution in [0.2, 0.25) is 10.0 Å². The first kappa shape index (κ1) is 25.0. The van der Waals surface area contributed by atoms with Crippen LogP contribution in [-0.4, -0.2) is 40.6 Å². The van der Waals surface area contributed by atoms with Gasteiger partial charge in [0, 0.05) is 17.6 Å². The maximum absolute atomic E-state index is 12.6. The molecule has 0 aliphatic rings. The molecule has 1 unspecified atom stereocenters. The van der Waals surface area contributed by atoms with Gasteiger partial charge in [-0.15, -0.1) is 10.2 Å². The molecule has 1 aromatic heterocycles. The highest BCUT2D eigenvalue weighted by Crippen LogP contribution is 2.32. The maximum atomic E-state index is 12.6. The second-order valence-corrected chi connectivity index (χ2v) is 8.61. The fraction of sp³-hybridized carbons (Fsp3) is 0.318. The number of benzene rings is 2. The number of hydrogen-bond donors (Lipinski definition) is 1. The summed E-state index contributed by atoms with van der Waals surface area (Å²) in [4.78, 5) is 12.6. The predicted octanol–water partition coefficient (Wildman–Crippen LogP) is 5.49. The number of ether oxygens (including phenoxy) is 3. The highest BCUT2D eigenvalue weighted by Gasteiger charge is 2.20. The van der Waals surface area contributed by atoms with Crippen molar-refractivity contribution in [3.8, 4) is 17.2 Å². The molecule has 8 nitrogen and oxygen atoms in total. The molecule has 11 heteroatoms. The molecule has 0 saturated heterocycles. The van der Waals surface area contributed by atoms with E-state index in [0.717, 1.165) is 0 Å². The summed E-state index contributed by atoms with van der Waals surface area (Å²) in [6.45, 7) is 4.44. The second-order valence-electron chi connectivity index (χ2n) is 6.82. The van der Waals surface area contributed by atoms with Gasteiger partial charge >= 0.3 is 0 Å². The lowest BCUT2D eigenvalue weighted by molar-refractivity contribution is -0.113. The minimum absolute atomic E-state index is 0.136. The van der Waals surface area contributed by atoms with E-state index in [-0.39, 0.29) is 11.7 Å². The van der Waals surface area contributed by atoms with Crippen LogP contribution in [0.3, 0.4) is 0 Å². The Morgan fingerprint density at radius 3 is 2.55 bits per heavy atom. The minimum atomic E-state index is -0.416. The number of halogens is 2. The van der Waals surface area contributed by atoms with Crippen molar-refractivity contribution in [3.05, 3.63) is 52.3 Å². The van der Waals surface area contributed by atoms with Crippen LogP contribution in [0.25, 0.3) is 0 Å². The quantitative estimate of drug-likeness (QED) is 0.360. The predicted molar refractivity (Wildman–Crippen MR) is 130 cm³/mol. The zero-order valence-electron chi connectivity index (χ0n) is 18.6. The van der Waals surface area contributed by atoms with Crippen molar-refractivity contribution in [2.75, 3.05) is 25.3 Å². The Bertz CT molecular complexity index is 1130. The highest BCUT2D eigenvalue weighted by atomic mass is 35.5. The molecule has 1 amide bonds. The van der Waals surface area contributed by atoms with Crippen LogP contribution in [0.1, 0.15) is 25.8 Å². The molecule has 3 aromatic rings. The van der Waals surface area contributed by atoms with Gasteiger partial charge in [-0.25, -0.2) is 0 Å². The van der Waals surface area contributed by atoms with Crippen LogP contribution in [0.5, 0.6) is 17.2 Å². The Balaban J connectivity index is 1.67. The molecule has 0 aliphatic heterocycles. The lowest BCUT2D eigenvalue weighted by Crippen LogP contribution is -2.16. The number of aromatic nitrogens is 3. The van der Waals surface area contributed by atoms with E-state index in [0.29, 0.717) is 50.5 Å². The molecule has 0 bridgehead atoms. The van der Waals surface area contributed by atoms with Crippen molar-refractivity contribution in [1.82, 2.24) is 14.8 Å². The van der Waals surface area contributed by atoms with Gasteiger partial charge in [0.25, 0.3) is 0 Å². The molecule has 1 N–H and O–H groups in total. The van der Waals surface area contributed by atoms with Gasteiger partial charge in [-0.1, -0.05) is 35.0 Å². The van der Waals surface area contributed by atoms with E-state index < -0.39 is 6.10 Å². The highest BCUT2D eigenvalue weighted by molar-refractivity contribution is 7.99. The van der Waals surface area contributed by atoms with Crippen molar-refractivity contribution in [2.45, 2.75) is 31.7 Å². The fourth-order valence-corrected chi connectivity index (χ4v) is 4.31. The Labute approximate surface area is 206 Å². The minimum Gasteiger partial charge on any atom is -0.497 e. The molecule has 3 rings (SSSR count). The van der Waals surface area contributed by atoms with E-state index in [1.54, 1.807) is 43.5 Å². The number of nitrogens with one attached hydrogen (secondary N) is 1. The summed E-state index contributed by atoms with van der Waals surface area (Å²) in [6.07, 6.45) is -0.416. The molecule has 2 aromatic carbocycles. The van der Waals surface area contributed by atoms with Crippen LogP contribution in [0.4, 0.5) is 5.69 Å². The number of carbonyl (C=O) groups excluding carboxylic acids is 1. The number of amides is 1. The number of rotatable bonds is 10. The first-order chi connectivity index (χ1) is 15.9. The Kier molecular flexibility index (Phi) is 8.71. The zero-order valence-corrected chi connectivity index (χ0v) is 20.9. The van der Waals surface area contributed by atoms with Gasteiger partial charge in [-0.05, 0) is 44.2 Å². The first-order valence-electron chi connectivity index (χ1n) is 10.1. The number of anilines is 1. The summed E-state index contributed by atoms with van der Waals surface area (Å²) in [6, 6.07) is 10.2. The third-order valence-electron chi connectivity index (χ3n) is 4.64. The number of thioether (sulfide) groups is 1. The number of carbonyl (C=O) groups is 1. The van der Waals surface area contributed by atoms with Crippen molar-refractivity contribution >= 4 is 46.6 Å². The monoisotopic (exact) mass is 510 g/mol. The Hall–Kier alpha value is -2.62. The largest absolute Gasteiger partial charge is 0.497 e. The molecule has 0 radical (unpaired) electrons. The first-order valence-corrected chi connectivity index (χ1v) is 11.8. The van der Waals surface area contributed by atoms with Gasteiger partial charge in [0.2, 0.25) is 5.91 Å². The molecule has 176 valence electrons. The van der Waals surface area contributed by atoms with E-state index in [2.05, 4.69) is 15.5 Å². The molecular weight excluding hydrogens is 487 g/mol. The van der Waals surface area contributed by atoms with Crippen molar-refractivity contribution in [1.29, 1.82) is 0 Å². The standard InChI is InChI=1S/C22H24Cl2N4O4S/c1-5-28-21(13(2)32-18-8-6-14(23)10-16(18)24)26-27-22(28)33-12-20(29)25-17-11-15(30-3)7-9-19(17)31-4/h6-11,13H,5,12H2,1-4H3,(H,25,29). The van der Waals surface area contributed by atoms with E-state index in [9.17, 15) is 4.79 Å². The molecule has 1 heterocycles. The lowest BCUT2D eigenvalue weighted by Gasteiger charge is -2.16. The average Bonchev–Trinajstić information content (AvgIpc) is 3.22. The molecule has 1 atom stereocenters. The van der Waals surface area contributed by atoms with Crippen LogP contribution in [-0.2, 0) is 11.3 Å². The van der Waals surface area contributed by atoms with Gasteiger partial charge in [-0.2, -0.15) is 0 Å². The van der Waals surface area contributed by atoms with Crippen LogP contribution in [0, 0.1) is 0 Å². The topological polar surface area (TPSA) is 87.5 Å². The molecule has 0 aliphatic carbocycles. The number of methoxy groups -OCH3 is 2. The molecule has 0 saturated carbocycles. The smallest absolute Gasteiger partial charge is 0.234 e. The Morgan fingerprint density at radius 1 is 1.12 bits per heavy atom. The maximum Gasteiger partial charge on any atom is 0.234 e. The third kappa shape index (κ3) is 6.25. The summed E-state index contributed by atoms with van der Waals surface area (Å²) in [5, 5.41) is 12.9. The molecule has 0 spiro atoms. The Morgan fingerprint density at radius 2 is 1.88 bits per heavy atom. The fourth-order valence-electron chi connectivity index (χ4n) is 3.05. The molecule has 33 heavy (non-hydrogen) atoms. The lowest BCUT2D eigenvalue weighted by atomic mass is 10.2. The van der Waals surface area contributed by atoms with Gasteiger partial charge in [0.05, 0.1) is 30.7 Å². The summed E-state index contributed by atoms with van der Waals surface area (Å²) in [7, 11) is 3.10. The van der Waals surface area contributed by atoms with Crippen molar-refractivity contribution in [3.63, 3.8) is 0 Å². The van der Waals surface area contributed by atoms with Crippen LogP contribution in [0.15, 0.2) is 41.6 Å². The molecular formula is C22H24Cl2N4O4S. The van der Waals surface area contributed by atoms with Gasteiger partial charge in [0.15, 0.2) is 17.1 Å². The van der Waals surface area contributed by atoms with Gasteiger partial charge < -0.3 is 24.1 Å². The summed E-state index contributed by atoms with van der Waals surface area (Å²) < 4.78 is 18.4. The second kappa shape index (κ2) is 11.5. The van der Waals surface area contributed by atoms with Crippen molar-refractivity contribution in [2.24, 2.45) is 0 Å². The van der Waals surface area contributed by atoms with E-state index >= 15 is 0 Å². The molecule has 0 fully saturated rings. The van der Waals surface area contributed by atoms with Gasteiger partial charge in [0.1, 0.15) is 17.2 Å². The zero-order chi connectivity index (χ0) is 24.0. The van der Waals surface area contributed by atoms with E-state index in [4.69, 9.17) is 37.4 Å². The van der Waals surface area contributed by atoms with E-state index in [1.165, 1.54) is 18.9 Å².